The van der Waals surface area contributed by atoms with Crippen molar-refractivity contribution in [1.82, 2.24) is 0 Å². The Bertz CT molecular complexity index is 108. The van der Waals surface area contributed by atoms with Crippen molar-refractivity contribution in [1.29, 1.82) is 0 Å². The lowest BCUT2D eigenvalue weighted by Gasteiger charge is -1.84. The molecule has 0 saturated carbocycles. The molecule has 1 amide bonds. The average molecular weight is 102 g/mol. The standard InChI is InChI=1S/C3H6N2O2/c4-1-2(6)3(5)7/h1,6H,4H2,(H2,5,7)/b2-1+. The summed E-state index contributed by atoms with van der Waals surface area (Å²) in [4.78, 5) is 9.75. The molecule has 0 aliphatic carbocycles. The van der Waals surface area contributed by atoms with Gasteiger partial charge in [0.2, 0.25) is 0 Å². The first-order valence-corrected chi connectivity index (χ1v) is 1.59. The highest BCUT2D eigenvalue weighted by Gasteiger charge is 1.95. The normalized spacial score (nSPS) is 11.1. The second-order valence-electron chi connectivity index (χ2n) is 0.916. The van der Waals surface area contributed by atoms with E-state index in [1.165, 1.54) is 0 Å². The van der Waals surface area contributed by atoms with Gasteiger partial charge in [0.15, 0.2) is 5.76 Å². The molecule has 40 valence electrons. The fraction of sp³-hybridized carbons (Fsp3) is 0. The predicted molar refractivity (Wildman–Crippen MR) is 24.1 cm³/mol. The van der Waals surface area contributed by atoms with Crippen LogP contribution in [0.4, 0.5) is 0 Å². The Morgan fingerprint density at radius 2 is 2.14 bits per heavy atom. The topological polar surface area (TPSA) is 89.3 Å². The van der Waals surface area contributed by atoms with Crippen LogP contribution in [0.3, 0.4) is 0 Å². The summed E-state index contributed by atoms with van der Waals surface area (Å²) in [7, 11) is 0. The minimum atomic E-state index is -0.914. The van der Waals surface area contributed by atoms with Crippen molar-refractivity contribution >= 4 is 5.91 Å². The van der Waals surface area contributed by atoms with Gasteiger partial charge < -0.3 is 16.6 Å². The van der Waals surface area contributed by atoms with Crippen LogP contribution >= 0.6 is 0 Å². The van der Waals surface area contributed by atoms with Gasteiger partial charge in [0.25, 0.3) is 5.91 Å². The second-order valence-corrected chi connectivity index (χ2v) is 0.916. The molecule has 7 heavy (non-hydrogen) atoms. The zero-order valence-corrected chi connectivity index (χ0v) is 3.59. The van der Waals surface area contributed by atoms with Crippen molar-refractivity contribution in [3.63, 3.8) is 0 Å². The number of rotatable bonds is 1. The number of hydrogen-bond acceptors (Lipinski definition) is 3. The maximum absolute atomic E-state index is 9.75. The number of primary amides is 1. The van der Waals surface area contributed by atoms with Gasteiger partial charge in [-0.05, 0) is 0 Å². The van der Waals surface area contributed by atoms with Crippen molar-refractivity contribution in [3.05, 3.63) is 12.0 Å². The number of aliphatic hydroxyl groups excluding tert-OH is 1. The van der Waals surface area contributed by atoms with Crippen LogP contribution in [0.1, 0.15) is 0 Å². The third-order valence-corrected chi connectivity index (χ3v) is 0.410. The van der Waals surface area contributed by atoms with Crippen LogP contribution < -0.4 is 11.5 Å². The highest BCUT2D eigenvalue weighted by atomic mass is 16.3. The third kappa shape index (κ3) is 1.64. The Labute approximate surface area is 40.4 Å². The Morgan fingerprint density at radius 3 is 2.14 bits per heavy atom. The van der Waals surface area contributed by atoms with Gasteiger partial charge in [-0.3, -0.25) is 4.79 Å². The first kappa shape index (κ1) is 5.81. The van der Waals surface area contributed by atoms with E-state index in [2.05, 4.69) is 11.5 Å². The fourth-order valence-electron chi connectivity index (χ4n) is 0.0821. The summed E-state index contributed by atoms with van der Waals surface area (Å²) >= 11 is 0. The van der Waals surface area contributed by atoms with Gasteiger partial charge in [0.1, 0.15) is 0 Å². The fourth-order valence-corrected chi connectivity index (χ4v) is 0.0821. The molecule has 0 aromatic rings. The summed E-state index contributed by atoms with van der Waals surface area (Å²) in [5, 5.41) is 8.20. The highest BCUT2D eigenvalue weighted by Crippen LogP contribution is 1.76. The van der Waals surface area contributed by atoms with Crippen LogP contribution in [0.2, 0.25) is 0 Å². The summed E-state index contributed by atoms with van der Waals surface area (Å²) in [5.74, 6) is -1.53. The Kier molecular flexibility index (Phi) is 1.72. The molecule has 0 bridgehead atoms. The summed E-state index contributed by atoms with van der Waals surface area (Å²) in [6.45, 7) is 0. The SMILES string of the molecule is N/C=C(/O)C(N)=O. The molecule has 4 heteroatoms. The molecule has 0 fully saturated rings. The summed E-state index contributed by atoms with van der Waals surface area (Å²) in [6.07, 6.45) is 0.738. The minimum absolute atomic E-state index is 0.611. The number of amides is 1. The van der Waals surface area contributed by atoms with E-state index in [1.807, 2.05) is 0 Å². The molecular weight excluding hydrogens is 96.0 g/mol. The average Bonchev–Trinajstić information content (AvgIpc) is 1.65. The van der Waals surface area contributed by atoms with Crippen LogP contribution in [0.15, 0.2) is 12.0 Å². The third-order valence-electron chi connectivity index (χ3n) is 0.410. The maximum Gasteiger partial charge on any atom is 0.285 e. The molecule has 0 rings (SSSR count). The van der Waals surface area contributed by atoms with Gasteiger partial charge in [0, 0.05) is 6.20 Å². The second kappa shape index (κ2) is 2.07. The van der Waals surface area contributed by atoms with E-state index in [-0.39, 0.29) is 0 Å². The molecule has 0 aliphatic rings. The molecule has 0 aromatic carbocycles. The van der Waals surface area contributed by atoms with Crippen LogP contribution in [0.25, 0.3) is 0 Å². The number of nitrogens with two attached hydrogens (primary N) is 2. The van der Waals surface area contributed by atoms with E-state index >= 15 is 0 Å². The van der Waals surface area contributed by atoms with Gasteiger partial charge in [-0.1, -0.05) is 0 Å². The lowest BCUT2D eigenvalue weighted by Crippen LogP contribution is -2.14. The lowest BCUT2D eigenvalue weighted by atomic mass is 10.5. The van der Waals surface area contributed by atoms with E-state index in [4.69, 9.17) is 5.11 Å². The van der Waals surface area contributed by atoms with E-state index in [1.54, 1.807) is 0 Å². The Hall–Kier alpha value is -1.19. The van der Waals surface area contributed by atoms with Gasteiger partial charge in [-0.15, -0.1) is 0 Å². The highest BCUT2D eigenvalue weighted by molar-refractivity contribution is 5.89. The van der Waals surface area contributed by atoms with Crippen molar-refractivity contribution < 1.29 is 9.90 Å². The summed E-state index contributed by atoms with van der Waals surface area (Å²) in [5.41, 5.74) is 9.17. The smallest absolute Gasteiger partial charge is 0.285 e. The number of carbonyl (C=O) groups excluding carboxylic acids is 1. The van der Waals surface area contributed by atoms with Crippen LogP contribution in [-0.2, 0) is 4.79 Å². The zero-order valence-electron chi connectivity index (χ0n) is 3.59. The largest absolute Gasteiger partial charge is 0.502 e. The maximum atomic E-state index is 9.75. The van der Waals surface area contributed by atoms with Crippen molar-refractivity contribution in [3.8, 4) is 0 Å². The van der Waals surface area contributed by atoms with Crippen molar-refractivity contribution in [2.24, 2.45) is 11.5 Å². The van der Waals surface area contributed by atoms with E-state index in [9.17, 15) is 4.79 Å². The molecule has 5 N–H and O–H groups in total. The van der Waals surface area contributed by atoms with E-state index in [0.29, 0.717) is 0 Å². The molecule has 0 aliphatic heterocycles. The first-order valence-electron chi connectivity index (χ1n) is 1.59. The number of carbonyl (C=O) groups is 1. The van der Waals surface area contributed by atoms with Crippen molar-refractivity contribution in [2.75, 3.05) is 0 Å². The summed E-state index contributed by atoms with van der Waals surface area (Å²) in [6, 6.07) is 0. The molecule has 0 radical (unpaired) electrons. The lowest BCUT2D eigenvalue weighted by molar-refractivity contribution is -0.116. The van der Waals surface area contributed by atoms with Crippen molar-refractivity contribution in [2.45, 2.75) is 0 Å². The van der Waals surface area contributed by atoms with Crippen LogP contribution in [-0.4, -0.2) is 11.0 Å². The van der Waals surface area contributed by atoms with Gasteiger partial charge in [-0.25, -0.2) is 0 Å². The molecule has 4 nitrogen and oxygen atoms in total. The van der Waals surface area contributed by atoms with Crippen LogP contribution in [0, 0.1) is 0 Å². The number of hydrogen-bond donors (Lipinski definition) is 3. The zero-order chi connectivity index (χ0) is 5.86. The minimum Gasteiger partial charge on any atom is -0.502 e. The number of aliphatic hydroxyl groups is 1. The van der Waals surface area contributed by atoms with E-state index in [0.717, 1.165) is 6.20 Å². The van der Waals surface area contributed by atoms with E-state index < -0.39 is 11.7 Å². The molecule has 0 saturated heterocycles. The molecule has 0 aromatic heterocycles. The molecule has 0 unspecified atom stereocenters. The van der Waals surface area contributed by atoms with Gasteiger partial charge >= 0.3 is 0 Å². The van der Waals surface area contributed by atoms with Gasteiger partial charge in [-0.2, -0.15) is 0 Å². The molecule has 0 spiro atoms. The Morgan fingerprint density at radius 1 is 1.71 bits per heavy atom. The van der Waals surface area contributed by atoms with Gasteiger partial charge in [0.05, 0.1) is 0 Å². The Balaban J connectivity index is 3.82. The quantitative estimate of drug-likeness (QED) is 0.288. The predicted octanol–water partition coefficient (Wildman–Crippen LogP) is -1.17. The summed E-state index contributed by atoms with van der Waals surface area (Å²) < 4.78 is 0. The first-order chi connectivity index (χ1) is 3.18. The molecule has 0 atom stereocenters. The molecular formula is C3H6N2O2. The molecule has 0 heterocycles. The van der Waals surface area contributed by atoms with Crippen LogP contribution in [0.5, 0.6) is 0 Å². The monoisotopic (exact) mass is 102 g/mol.